The summed E-state index contributed by atoms with van der Waals surface area (Å²) in [5.41, 5.74) is 1.74. The largest absolute Gasteiger partial charge is 0.489 e. The zero-order chi connectivity index (χ0) is 15.9. The quantitative estimate of drug-likeness (QED) is 0.820. The second-order valence-electron chi connectivity index (χ2n) is 6.28. The van der Waals surface area contributed by atoms with Gasteiger partial charge in [-0.15, -0.1) is 0 Å². The smallest absolute Gasteiger partial charge is 0.238 e. The molecular formula is C18H26N2O2. The monoisotopic (exact) mass is 302 g/mol. The van der Waals surface area contributed by atoms with Crippen LogP contribution in [-0.4, -0.2) is 37.0 Å². The topological polar surface area (TPSA) is 41.6 Å². The third-order valence-corrected chi connectivity index (χ3v) is 3.85. The van der Waals surface area contributed by atoms with Gasteiger partial charge in [0.25, 0.3) is 0 Å². The van der Waals surface area contributed by atoms with Gasteiger partial charge in [0.1, 0.15) is 12.4 Å². The van der Waals surface area contributed by atoms with E-state index in [1.165, 1.54) is 12.8 Å². The normalized spacial score (nSPS) is 16.3. The van der Waals surface area contributed by atoms with E-state index in [1.54, 1.807) is 0 Å². The number of carbonyl (C=O) groups is 1. The van der Waals surface area contributed by atoms with Crippen molar-refractivity contribution >= 4 is 11.6 Å². The summed E-state index contributed by atoms with van der Waals surface area (Å²) in [7, 11) is 0. The first kappa shape index (κ1) is 16.6. The van der Waals surface area contributed by atoms with Crippen LogP contribution < -0.4 is 10.1 Å². The fourth-order valence-corrected chi connectivity index (χ4v) is 2.49. The lowest BCUT2D eigenvalue weighted by Gasteiger charge is -2.29. The predicted molar refractivity (Wildman–Crippen MR) is 90.2 cm³/mol. The van der Waals surface area contributed by atoms with Crippen LogP contribution in [0.25, 0.3) is 0 Å². The van der Waals surface area contributed by atoms with Crippen LogP contribution in [0.15, 0.2) is 36.4 Å². The number of likely N-dealkylation sites (tertiary alicyclic amines) is 1. The standard InChI is InChI=1S/C18H26N2O2/c1-14(2)13-22-17-6-4-5-16(11-17)19-18(21)12-20-9-7-15(3)8-10-20/h4-6,11,15H,1,7-10,12-13H2,2-3H3,(H,19,21). The molecule has 1 aliphatic rings. The highest BCUT2D eigenvalue weighted by molar-refractivity contribution is 5.92. The van der Waals surface area contributed by atoms with Gasteiger partial charge in [0, 0.05) is 11.8 Å². The number of amides is 1. The van der Waals surface area contributed by atoms with E-state index in [-0.39, 0.29) is 5.91 Å². The van der Waals surface area contributed by atoms with E-state index >= 15 is 0 Å². The molecule has 120 valence electrons. The Hall–Kier alpha value is -1.81. The summed E-state index contributed by atoms with van der Waals surface area (Å²) in [6.45, 7) is 11.0. The molecule has 1 aliphatic heterocycles. The zero-order valence-corrected chi connectivity index (χ0v) is 13.6. The second kappa shape index (κ2) is 7.99. The summed E-state index contributed by atoms with van der Waals surface area (Å²) in [6, 6.07) is 7.49. The van der Waals surface area contributed by atoms with E-state index in [0.717, 1.165) is 36.0 Å². The number of hydrogen-bond acceptors (Lipinski definition) is 3. The van der Waals surface area contributed by atoms with Crippen molar-refractivity contribution in [3.05, 3.63) is 36.4 Å². The highest BCUT2D eigenvalue weighted by Crippen LogP contribution is 2.19. The Morgan fingerprint density at radius 2 is 2.14 bits per heavy atom. The van der Waals surface area contributed by atoms with Crippen LogP contribution in [0, 0.1) is 5.92 Å². The Balaban J connectivity index is 1.83. The number of ether oxygens (including phenoxy) is 1. The van der Waals surface area contributed by atoms with Gasteiger partial charge in [-0.1, -0.05) is 19.6 Å². The first-order valence-corrected chi connectivity index (χ1v) is 7.92. The van der Waals surface area contributed by atoms with Crippen molar-refractivity contribution in [2.45, 2.75) is 26.7 Å². The molecule has 1 saturated heterocycles. The Bertz CT molecular complexity index is 520. The average Bonchev–Trinajstić information content (AvgIpc) is 2.48. The molecule has 0 bridgehead atoms. The number of carbonyl (C=O) groups excluding carboxylic acids is 1. The van der Waals surface area contributed by atoms with Crippen molar-refractivity contribution in [1.82, 2.24) is 4.90 Å². The van der Waals surface area contributed by atoms with Crippen LogP contribution >= 0.6 is 0 Å². The van der Waals surface area contributed by atoms with Gasteiger partial charge in [0.15, 0.2) is 0 Å². The van der Waals surface area contributed by atoms with Crippen LogP contribution in [0.2, 0.25) is 0 Å². The predicted octanol–water partition coefficient (Wildman–Crippen LogP) is 3.31. The molecule has 22 heavy (non-hydrogen) atoms. The van der Waals surface area contributed by atoms with E-state index in [0.29, 0.717) is 13.2 Å². The van der Waals surface area contributed by atoms with Crippen molar-refractivity contribution in [2.24, 2.45) is 5.92 Å². The molecule has 0 spiro atoms. The van der Waals surface area contributed by atoms with Gasteiger partial charge in [0.05, 0.1) is 6.54 Å². The summed E-state index contributed by atoms with van der Waals surface area (Å²) in [5.74, 6) is 1.56. The number of benzene rings is 1. The van der Waals surface area contributed by atoms with Gasteiger partial charge in [-0.3, -0.25) is 9.69 Å². The molecule has 0 atom stereocenters. The Morgan fingerprint density at radius 1 is 1.41 bits per heavy atom. The van der Waals surface area contributed by atoms with E-state index in [4.69, 9.17) is 4.74 Å². The molecule has 1 aromatic rings. The minimum atomic E-state index is 0.0339. The number of piperidine rings is 1. The second-order valence-corrected chi connectivity index (χ2v) is 6.28. The highest BCUT2D eigenvalue weighted by atomic mass is 16.5. The van der Waals surface area contributed by atoms with Crippen molar-refractivity contribution in [3.8, 4) is 5.75 Å². The van der Waals surface area contributed by atoms with Crippen LogP contribution in [-0.2, 0) is 4.79 Å². The SMILES string of the molecule is C=C(C)COc1cccc(NC(=O)CN2CCC(C)CC2)c1. The minimum absolute atomic E-state index is 0.0339. The maximum atomic E-state index is 12.1. The summed E-state index contributed by atoms with van der Waals surface area (Å²) in [6.07, 6.45) is 2.36. The van der Waals surface area contributed by atoms with Crippen molar-refractivity contribution < 1.29 is 9.53 Å². The molecule has 2 rings (SSSR count). The van der Waals surface area contributed by atoms with Crippen molar-refractivity contribution in [2.75, 3.05) is 31.6 Å². The molecule has 1 amide bonds. The van der Waals surface area contributed by atoms with E-state index in [9.17, 15) is 4.79 Å². The van der Waals surface area contributed by atoms with E-state index in [2.05, 4.69) is 23.7 Å². The van der Waals surface area contributed by atoms with Gasteiger partial charge in [-0.2, -0.15) is 0 Å². The molecule has 4 heteroatoms. The molecule has 0 saturated carbocycles. The van der Waals surface area contributed by atoms with Crippen LogP contribution in [0.4, 0.5) is 5.69 Å². The molecule has 1 fully saturated rings. The van der Waals surface area contributed by atoms with Crippen LogP contribution in [0.5, 0.6) is 5.75 Å². The minimum Gasteiger partial charge on any atom is -0.489 e. The summed E-state index contributed by atoms with van der Waals surface area (Å²) in [4.78, 5) is 14.4. The first-order valence-electron chi connectivity index (χ1n) is 7.92. The fourth-order valence-electron chi connectivity index (χ4n) is 2.49. The van der Waals surface area contributed by atoms with E-state index in [1.807, 2.05) is 31.2 Å². The van der Waals surface area contributed by atoms with Crippen LogP contribution in [0.1, 0.15) is 26.7 Å². The molecule has 1 heterocycles. The third-order valence-electron chi connectivity index (χ3n) is 3.85. The molecule has 0 radical (unpaired) electrons. The number of anilines is 1. The highest BCUT2D eigenvalue weighted by Gasteiger charge is 2.17. The molecule has 4 nitrogen and oxygen atoms in total. The van der Waals surface area contributed by atoms with Crippen molar-refractivity contribution in [3.63, 3.8) is 0 Å². The maximum absolute atomic E-state index is 12.1. The lowest BCUT2D eigenvalue weighted by Crippen LogP contribution is -2.38. The maximum Gasteiger partial charge on any atom is 0.238 e. The van der Waals surface area contributed by atoms with Crippen molar-refractivity contribution in [1.29, 1.82) is 0 Å². The zero-order valence-electron chi connectivity index (χ0n) is 13.6. The molecular weight excluding hydrogens is 276 g/mol. The van der Waals surface area contributed by atoms with Gasteiger partial charge in [0.2, 0.25) is 5.91 Å². The Kier molecular flexibility index (Phi) is 6.01. The number of rotatable bonds is 6. The van der Waals surface area contributed by atoms with Gasteiger partial charge >= 0.3 is 0 Å². The first-order chi connectivity index (χ1) is 10.5. The molecule has 0 unspecified atom stereocenters. The summed E-state index contributed by atoms with van der Waals surface area (Å²) in [5, 5.41) is 2.95. The van der Waals surface area contributed by atoms with Gasteiger partial charge in [-0.25, -0.2) is 0 Å². The van der Waals surface area contributed by atoms with Gasteiger partial charge < -0.3 is 10.1 Å². The Morgan fingerprint density at radius 3 is 2.82 bits per heavy atom. The number of nitrogens with zero attached hydrogens (tertiary/aromatic N) is 1. The Labute approximate surface area is 133 Å². The number of hydrogen-bond donors (Lipinski definition) is 1. The molecule has 0 aliphatic carbocycles. The van der Waals surface area contributed by atoms with Crippen LogP contribution in [0.3, 0.4) is 0 Å². The van der Waals surface area contributed by atoms with Gasteiger partial charge in [-0.05, 0) is 56.5 Å². The molecule has 0 aromatic heterocycles. The summed E-state index contributed by atoms with van der Waals surface area (Å²) >= 11 is 0. The molecule has 1 aromatic carbocycles. The fraction of sp³-hybridized carbons (Fsp3) is 0.500. The lowest BCUT2D eigenvalue weighted by molar-refractivity contribution is -0.117. The summed E-state index contributed by atoms with van der Waals surface area (Å²) < 4.78 is 5.59. The molecule has 1 N–H and O–H groups in total. The average molecular weight is 302 g/mol. The number of nitrogens with one attached hydrogen (secondary N) is 1. The van der Waals surface area contributed by atoms with E-state index < -0.39 is 0 Å². The third kappa shape index (κ3) is 5.53. The lowest BCUT2D eigenvalue weighted by atomic mass is 9.99.